The van der Waals surface area contributed by atoms with E-state index < -0.39 is 6.29 Å². The maximum Gasteiger partial charge on any atom is 0.222 e. The van der Waals surface area contributed by atoms with Crippen LogP contribution in [0.1, 0.15) is 63.7 Å². The van der Waals surface area contributed by atoms with Crippen molar-refractivity contribution < 1.29 is 23.7 Å². The molecule has 0 saturated heterocycles. The fraction of sp³-hybridized carbons (Fsp3) is 0.621. The molecule has 5 nitrogen and oxygen atoms in total. The third kappa shape index (κ3) is 7.79. The number of carbonyl (C=O) groups excluding carboxylic acids is 1. The van der Waals surface area contributed by atoms with Crippen LogP contribution in [-0.2, 0) is 14.2 Å². The van der Waals surface area contributed by atoms with Gasteiger partial charge in [-0.2, -0.15) is 0 Å². The molecule has 3 rings (SSSR count). The molecule has 5 heteroatoms. The van der Waals surface area contributed by atoms with Crippen molar-refractivity contribution in [2.45, 2.75) is 59.7 Å². The lowest BCUT2D eigenvalue weighted by Gasteiger charge is -2.30. The summed E-state index contributed by atoms with van der Waals surface area (Å²) in [7, 11) is 1.64. The SMILES string of the molecule is COCCOc1ccc(C(=O)C(OCC2CCC(C)=CC2C)OCC2CCC(C)=CC2C)cc1. The van der Waals surface area contributed by atoms with Gasteiger partial charge in [0.25, 0.3) is 0 Å². The Morgan fingerprint density at radius 3 is 1.88 bits per heavy atom. The smallest absolute Gasteiger partial charge is 0.222 e. The predicted molar refractivity (Wildman–Crippen MR) is 135 cm³/mol. The minimum Gasteiger partial charge on any atom is -0.491 e. The molecule has 0 aliphatic heterocycles. The number of benzene rings is 1. The van der Waals surface area contributed by atoms with Crippen LogP contribution in [0.2, 0.25) is 0 Å². The van der Waals surface area contributed by atoms with Crippen LogP contribution in [0.5, 0.6) is 5.75 Å². The molecule has 2 aliphatic carbocycles. The van der Waals surface area contributed by atoms with E-state index >= 15 is 0 Å². The number of allylic oxidation sites excluding steroid dienone is 4. The van der Waals surface area contributed by atoms with Gasteiger partial charge in [-0.15, -0.1) is 0 Å². The summed E-state index contributed by atoms with van der Waals surface area (Å²) in [5, 5.41) is 0. The van der Waals surface area contributed by atoms with E-state index in [1.807, 2.05) is 12.1 Å². The lowest BCUT2D eigenvalue weighted by molar-refractivity contribution is -0.134. The number of rotatable bonds is 12. The van der Waals surface area contributed by atoms with Gasteiger partial charge in [-0.05, 0) is 87.5 Å². The van der Waals surface area contributed by atoms with Gasteiger partial charge in [0, 0.05) is 12.7 Å². The van der Waals surface area contributed by atoms with Gasteiger partial charge in [0.15, 0.2) is 0 Å². The minimum atomic E-state index is -0.890. The predicted octanol–water partition coefficient (Wildman–Crippen LogP) is 6.24. The summed E-state index contributed by atoms with van der Waals surface area (Å²) in [6.45, 7) is 10.9. The van der Waals surface area contributed by atoms with E-state index in [1.54, 1.807) is 19.2 Å². The number of ketones is 1. The molecule has 4 atom stereocenters. The standard InChI is InChI=1S/C29H42O5/c1-20-6-8-25(22(3)16-20)18-33-29(34-19-26-9-7-21(2)17-23(26)4)28(30)24-10-12-27(13-11-24)32-15-14-31-5/h10-13,16-17,22-23,25-26,29H,6-9,14-15,18-19H2,1-5H3. The van der Waals surface area contributed by atoms with Crippen molar-refractivity contribution in [1.82, 2.24) is 0 Å². The summed E-state index contributed by atoms with van der Waals surface area (Å²) >= 11 is 0. The summed E-state index contributed by atoms with van der Waals surface area (Å²) in [6, 6.07) is 7.20. The van der Waals surface area contributed by atoms with Crippen LogP contribution in [-0.4, -0.2) is 45.6 Å². The average Bonchev–Trinajstić information content (AvgIpc) is 2.81. The summed E-state index contributed by atoms with van der Waals surface area (Å²) in [6.07, 6.45) is 8.12. The van der Waals surface area contributed by atoms with Gasteiger partial charge in [-0.3, -0.25) is 4.79 Å². The molecule has 188 valence electrons. The van der Waals surface area contributed by atoms with Gasteiger partial charge in [0.2, 0.25) is 12.1 Å². The quantitative estimate of drug-likeness (QED) is 0.157. The van der Waals surface area contributed by atoms with Crippen molar-refractivity contribution in [2.75, 3.05) is 33.5 Å². The molecule has 0 heterocycles. The van der Waals surface area contributed by atoms with Gasteiger partial charge in [-0.1, -0.05) is 37.1 Å². The van der Waals surface area contributed by atoms with Gasteiger partial charge in [-0.25, -0.2) is 0 Å². The first-order valence-corrected chi connectivity index (χ1v) is 12.7. The lowest BCUT2D eigenvalue weighted by atomic mass is 9.82. The van der Waals surface area contributed by atoms with Crippen LogP contribution in [0.15, 0.2) is 47.6 Å². The van der Waals surface area contributed by atoms with Crippen molar-refractivity contribution in [2.24, 2.45) is 23.7 Å². The first-order valence-electron chi connectivity index (χ1n) is 12.7. The zero-order valence-electron chi connectivity index (χ0n) is 21.5. The highest BCUT2D eigenvalue weighted by molar-refractivity contribution is 5.98. The molecular weight excluding hydrogens is 428 g/mol. The monoisotopic (exact) mass is 470 g/mol. The van der Waals surface area contributed by atoms with Gasteiger partial charge >= 0.3 is 0 Å². The number of methoxy groups -OCH3 is 1. The van der Waals surface area contributed by atoms with E-state index in [4.69, 9.17) is 18.9 Å². The Balaban J connectivity index is 1.65. The number of hydrogen-bond acceptors (Lipinski definition) is 5. The van der Waals surface area contributed by atoms with Crippen molar-refractivity contribution in [1.29, 1.82) is 0 Å². The average molecular weight is 471 g/mol. The lowest BCUT2D eigenvalue weighted by Crippen LogP contribution is -2.34. The van der Waals surface area contributed by atoms with E-state index in [0.29, 0.717) is 61.4 Å². The molecule has 0 amide bonds. The molecule has 0 bridgehead atoms. The van der Waals surface area contributed by atoms with E-state index in [9.17, 15) is 4.79 Å². The molecule has 0 N–H and O–H groups in total. The molecule has 1 aromatic rings. The van der Waals surface area contributed by atoms with Gasteiger partial charge in [0.05, 0.1) is 19.8 Å². The van der Waals surface area contributed by atoms with Crippen molar-refractivity contribution in [3.05, 3.63) is 53.1 Å². The highest BCUT2D eigenvalue weighted by Gasteiger charge is 2.28. The second kappa shape index (κ2) is 13.2. The first-order chi connectivity index (χ1) is 16.4. The molecular formula is C29H42O5. The Hall–Kier alpha value is -1.95. The largest absolute Gasteiger partial charge is 0.491 e. The Kier molecular flexibility index (Phi) is 10.4. The third-order valence-corrected chi connectivity index (χ3v) is 7.23. The van der Waals surface area contributed by atoms with Crippen molar-refractivity contribution in [3.8, 4) is 5.75 Å². The minimum absolute atomic E-state index is 0.131. The van der Waals surface area contributed by atoms with Crippen LogP contribution in [0.4, 0.5) is 0 Å². The molecule has 0 fully saturated rings. The van der Waals surface area contributed by atoms with Gasteiger partial charge in [0.1, 0.15) is 12.4 Å². The number of carbonyl (C=O) groups is 1. The Labute approximate surface area is 205 Å². The van der Waals surface area contributed by atoms with Crippen LogP contribution in [0.3, 0.4) is 0 Å². The van der Waals surface area contributed by atoms with E-state index in [2.05, 4.69) is 39.8 Å². The fourth-order valence-corrected chi connectivity index (χ4v) is 4.87. The second-order valence-corrected chi connectivity index (χ2v) is 10.1. The summed E-state index contributed by atoms with van der Waals surface area (Å²) in [5.41, 5.74) is 3.45. The van der Waals surface area contributed by atoms with E-state index in [-0.39, 0.29) is 5.78 Å². The van der Waals surface area contributed by atoms with Crippen LogP contribution in [0.25, 0.3) is 0 Å². The van der Waals surface area contributed by atoms with E-state index in [1.165, 1.54) is 11.1 Å². The Morgan fingerprint density at radius 2 is 1.41 bits per heavy atom. The third-order valence-electron chi connectivity index (χ3n) is 7.23. The molecule has 0 saturated carbocycles. The molecule has 34 heavy (non-hydrogen) atoms. The van der Waals surface area contributed by atoms with Crippen LogP contribution in [0, 0.1) is 23.7 Å². The first kappa shape index (κ1) is 26.7. The molecule has 0 spiro atoms. The summed E-state index contributed by atoms with van der Waals surface area (Å²) in [4.78, 5) is 13.4. The van der Waals surface area contributed by atoms with Gasteiger partial charge < -0.3 is 18.9 Å². The zero-order chi connectivity index (χ0) is 24.5. The molecule has 0 radical (unpaired) electrons. The molecule has 4 unspecified atom stereocenters. The van der Waals surface area contributed by atoms with Crippen LogP contribution >= 0.6 is 0 Å². The number of ether oxygens (including phenoxy) is 4. The van der Waals surface area contributed by atoms with Crippen LogP contribution < -0.4 is 4.74 Å². The molecule has 1 aromatic carbocycles. The number of Topliss-reactive ketones (excluding diaryl/α,β-unsaturated/α-hetero) is 1. The highest BCUT2D eigenvalue weighted by Crippen LogP contribution is 2.31. The Bertz CT molecular complexity index is 803. The fourth-order valence-electron chi connectivity index (χ4n) is 4.87. The van der Waals surface area contributed by atoms with Crippen molar-refractivity contribution in [3.63, 3.8) is 0 Å². The normalized spacial score (nSPS) is 25.9. The topological polar surface area (TPSA) is 54.0 Å². The Morgan fingerprint density at radius 1 is 0.882 bits per heavy atom. The zero-order valence-corrected chi connectivity index (χ0v) is 21.5. The summed E-state index contributed by atoms with van der Waals surface area (Å²) in [5.74, 6) is 2.27. The maximum absolute atomic E-state index is 13.4. The van der Waals surface area contributed by atoms with Crippen molar-refractivity contribution >= 4 is 5.78 Å². The molecule has 0 aromatic heterocycles. The van der Waals surface area contributed by atoms with E-state index in [0.717, 1.165) is 25.7 Å². The highest BCUT2D eigenvalue weighted by atomic mass is 16.7. The molecule has 2 aliphatic rings. The number of hydrogen-bond donors (Lipinski definition) is 0. The maximum atomic E-state index is 13.4. The second-order valence-electron chi connectivity index (χ2n) is 10.1. The summed E-state index contributed by atoms with van der Waals surface area (Å²) < 4.78 is 23.0.